The third-order valence-corrected chi connectivity index (χ3v) is 4.27. The molecule has 2 heterocycles. The summed E-state index contributed by atoms with van der Waals surface area (Å²) in [4.78, 5) is 11.9. The third-order valence-electron chi connectivity index (χ3n) is 4.27. The van der Waals surface area contributed by atoms with Crippen LogP contribution in [0, 0.1) is 25.5 Å². The number of hydrogen-bond donors (Lipinski definition) is 2. The lowest BCUT2D eigenvalue weighted by Crippen LogP contribution is -2.14. The van der Waals surface area contributed by atoms with Gasteiger partial charge in [0, 0.05) is 37.0 Å². The summed E-state index contributed by atoms with van der Waals surface area (Å²) in [6.45, 7) is 6.55. The van der Waals surface area contributed by atoms with Crippen LogP contribution in [0.3, 0.4) is 0 Å². The maximum Gasteiger partial charge on any atom is 0.223 e. The molecular weight excluding hydrogens is 350 g/mol. The van der Waals surface area contributed by atoms with E-state index in [2.05, 4.69) is 20.3 Å². The molecule has 0 aliphatic heterocycles. The molecule has 27 heavy (non-hydrogen) atoms. The number of pyridine rings is 1. The van der Waals surface area contributed by atoms with Gasteiger partial charge >= 0.3 is 0 Å². The van der Waals surface area contributed by atoms with Crippen LogP contribution in [0.2, 0.25) is 0 Å². The van der Waals surface area contributed by atoms with Gasteiger partial charge in [0.25, 0.3) is 0 Å². The fourth-order valence-electron chi connectivity index (χ4n) is 2.68. The van der Waals surface area contributed by atoms with Crippen molar-refractivity contribution in [2.75, 3.05) is 0 Å². The molecule has 0 atom stereocenters. The van der Waals surface area contributed by atoms with Crippen molar-refractivity contribution in [3.63, 3.8) is 0 Å². The molecule has 0 fully saturated rings. The van der Waals surface area contributed by atoms with Crippen molar-refractivity contribution in [2.24, 2.45) is 0 Å². The second-order valence-electron chi connectivity index (χ2n) is 6.29. The summed E-state index contributed by atoms with van der Waals surface area (Å²) in [5.41, 5.74) is 2.94. The molecule has 0 aliphatic carbocycles. The molecule has 0 unspecified atom stereocenters. The molecule has 0 aliphatic rings. The minimum atomic E-state index is -1.01. The Bertz CT molecular complexity index is 940. The van der Waals surface area contributed by atoms with Crippen molar-refractivity contribution < 1.29 is 13.5 Å². The highest BCUT2D eigenvalue weighted by Gasteiger charge is 2.15. The molecule has 0 amide bonds. The van der Waals surface area contributed by atoms with Gasteiger partial charge in [-0.05, 0) is 31.5 Å². The van der Waals surface area contributed by atoms with Crippen LogP contribution in [-0.4, -0.2) is 15.0 Å². The standard InChI is InChI=1S/C20H22F2N4O/c1-4-17-25-13(3)15(26-17)11-23-10-14-6-5-9-24-20(14)27-16-8-7-12(2)18(21)19(16)22/h5-9,23H,4,10-11H2,1-3H3,(H,25,26). The van der Waals surface area contributed by atoms with Gasteiger partial charge in [-0.3, -0.25) is 0 Å². The van der Waals surface area contributed by atoms with E-state index < -0.39 is 11.6 Å². The van der Waals surface area contributed by atoms with E-state index in [4.69, 9.17) is 4.74 Å². The summed E-state index contributed by atoms with van der Waals surface area (Å²) >= 11 is 0. The number of rotatable bonds is 7. The average Bonchev–Trinajstić information content (AvgIpc) is 3.03. The predicted octanol–water partition coefficient (Wildman–Crippen LogP) is 4.34. The minimum absolute atomic E-state index is 0.186. The maximum atomic E-state index is 14.1. The SMILES string of the molecule is CCc1nc(CNCc2cccnc2Oc2ccc(C)c(F)c2F)c(C)[nH]1. The smallest absolute Gasteiger partial charge is 0.223 e. The quantitative estimate of drug-likeness (QED) is 0.647. The van der Waals surface area contributed by atoms with Crippen LogP contribution in [0.5, 0.6) is 11.6 Å². The highest BCUT2D eigenvalue weighted by molar-refractivity contribution is 5.35. The molecule has 7 heteroatoms. The molecular formula is C20H22F2N4O. The zero-order valence-corrected chi connectivity index (χ0v) is 15.6. The number of benzene rings is 1. The molecule has 1 aromatic carbocycles. The van der Waals surface area contributed by atoms with Crippen LogP contribution in [-0.2, 0) is 19.5 Å². The normalized spacial score (nSPS) is 11.0. The van der Waals surface area contributed by atoms with E-state index in [1.165, 1.54) is 19.1 Å². The molecule has 0 saturated carbocycles. The summed E-state index contributed by atoms with van der Waals surface area (Å²) in [5, 5.41) is 3.29. The van der Waals surface area contributed by atoms with E-state index in [0.29, 0.717) is 13.1 Å². The Morgan fingerprint density at radius 3 is 2.67 bits per heavy atom. The lowest BCUT2D eigenvalue weighted by Gasteiger charge is -2.12. The number of aromatic amines is 1. The van der Waals surface area contributed by atoms with Crippen molar-refractivity contribution in [3.8, 4) is 11.6 Å². The van der Waals surface area contributed by atoms with E-state index >= 15 is 0 Å². The van der Waals surface area contributed by atoms with Crippen LogP contribution in [0.15, 0.2) is 30.5 Å². The van der Waals surface area contributed by atoms with Crippen LogP contribution in [0.25, 0.3) is 0 Å². The zero-order valence-electron chi connectivity index (χ0n) is 15.6. The molecule has 0 spiro atoms. The molecule has 3 rings (SSSR count). The first-order valence-corrected chi connectivity index (χ1v) is 8.81. The summed E-state index contributed by atoms with van der Waals surface area (Å²) in [6.07, 6.45) is 2.40. The fourth-order valence-corrected chi connectivity index (χ4v) is 2.68. The lowest BCUT2D eigenvalue weighted by atomic mass is 10.2. The summed E-state index contributed by atoms with van der Waals surface area (Å²) in [5.74, 6) is -0.928. The maximum absolute atomic E-state index is 14.1. The van der Waals surface area contributed by atoms with Gasteiger partial charge in [0.05, 0.1) is 5.69 Å². The molecule has 0 radical (unpaired) electrons. The van der Waals surface area contributed by atoms with E-state index in [1.54, 1.807) is 12.3 Å². The Morgan fingerprint density at radius 1 is 1.11 bits per heavy atom. The van der Waals surface area contributed by atoms with Crippen molar-refractivity contribution in [1.82, 2.24) is 20.3 Å². The first kappa shape index (κ1) is 19.0. The number of imidazole rings is 1. The predicted molar refractivity (Wildman–Crippen MR) is 98.7 cm³/mol. The Morgan fingerprint density at radius 2 is 1.93 bits per heavy atom. The van der Waals surface area contributed by atoms with Crippen molar-refractivity contribution in [2.45, 2.75) is 40.3 Å². The van der Waals surface area contributed by atoms with Crippen molar-refractivity contribution in [3.05, 3.63) is 70.4 Å². The molecule has 2 aromatic heterocycles. The van der Waals surface area contributed by atoms with Gasteiger partial charge < -0.3 is 15.0 Å². The van der Waals surface area contributed by atoms with E-state index in [9.17, 15) is 8.78 Å². The van der Waals surface area contributed by atoms with Gasteiger partial charge in [-0.25, -0.2) is 14.4 Å². The summed E-state index contributed by atoms with van der Waals surface area (Å²) in [7, 11) is 0. The van der Waals surface area contributed by atoms with Gasteiger partial charge in [0.2, 0.25) is 11.7 Å². The zero-order chi connectivity index (χ0) is 19.4. The number of nitrogens with one attached hydrogen (secondary N) is 2. The van der Waals surface area contributed by atoms with Gasteiger partial charge in [-0.2, -0.15) is 4.39 Å². The lowest BCUT2D eigenvalue weighted by molar-refractivity contribution is 0.399. The van der Waals surface area contributed by atoms with E-state index in [-0.39, 0.29) is 17.2 Å². The summed E-state index contributed by atoms with van der Waals surface area (Å²) < 4.78 is 33.4. The molecule has 0 bridgehead atoms. The van der Waals surface area contributed by atoms with Gasteiger partial charge in [-0.15, -0.1) is 0 Å². The minimum Gasteiger partial charge on any atom is -0.435 e. The largest absolute Gasteiger partial charge is 0.435 e. The van der Waals surface area contributed by atoms with E-state index in [0.717, 1.165) is 29.2 Å². The van der Waals surface area contributed by atoms with Crippen LogP contribution in [0.1, 0.15) is 35.3 Å². The van der Waals surface area contributed by atoms with Gasteiger partial charge in [0.1, 0.15) is 5.82 Å². The molecule has 5 nitrogen and oxygen atoms in total. The Balaban J connectivity index is 1.71. The van der Waals surface area contributed by atoms with Crippen LogP contribution in [0.4, 0.5) is 8.78 Å². The molecule has 0 saturated heterocycles. The second-order valence-corrected chi connectivity index (χ2v) is 6.29. The Kier molecular flexibility index (Phi) is 5.81. The Hall–Kier alpha value is -2.80. The number of H-pyrrole nitrogens is 1. The van der Waals surface area contributed by atoms with Crippen LogP contribution < -0.4 is 10.1 Å². The van der Waals surface area contributed by atoms with E-state index in [1.807, 2.05) is 19.9 Å². The number of hydrogen-bond acceptors (Lipinski definition) is 4. The number of aryl methyl sites for hydroxylation is 3. The molecule has 2 N–H and O–H groups in total. The number of ether oxygens (including phenoxy) is 1. The monoisotopic (exact) mass is 372 g/mol. The molecule has 3 aromatic rings. The van der Waals surface area contributed by atoms with Crippen LogP contribution >= 0.6 is 0 Å². The first-order chi connectivity index (χ1) is 13.0. The van der Waals surface area contributed by atoms with Crippen molar-refractivity contribution in [1.29, 1.82) is 0 Å². The average molecular weight is 372 g/mol. The third kappa shape index (κ3) is 4.31. The van der Waals surface area contributed by atoms with Gasteiger partial charge in [-0.1, -0.05) is 19.1 Å². The fraction of sp³-hybridized carbons (Fsp3) is 0.300. The number of aromatic nitrogens is 3. The molecule has 142 valence electrons. The topological polar surface area (TPSA) is 62.8 Å². The first-order valence-electron chi connectivity index (χ1n) is 8.81. The van der Waals surface area contributed by atoms with Crippen molar-refractivity contribution >= 4 is 0 Å². The Labute approximate surface area is 156 Å². The number of nitrogens with zero attached hydrogens (tertiary/aromatic N) is 2. The highest BCUT2D eigenvalue weighted by atomic mass is 19.2. The highest BCUT2D eigenvalue weighted by Crippen LogP contribution is 2.28. The second kappa shape index (κ2) is 8.26. The van der Waals surface area contributed by atoms with Gasteiger partial charge in [0.15, 0.2) is 11.6 Å². The summed E-state index contributed by atoms with van der Waals surface area (Å²) in [6, 6.07) is 6.47. The number of halogens is 2.